The van der Waals surface area contributed by atoms with Crippen molar-refractivity contribution in [3.63, 3.8) is 0 Å². The monoisotopic (exact) mass is 505 g/mol. The first-order valence-electron chi connectivity index (χ1n) is 5.42. The molecule has 1 aliphatic heterocycles. The van der Waals surface area contributed by atoms with Crippen molar-refractivity contribution in [3.05, 3.63) is 41.0 Å². The molecule has 0 bridgehead atoms. The van der Waals surface area contributed by atoms with E-state index in [1.54, 1.807) is 22.6 Å². The number of azide groups is 1. The van der Waals surface area contributed by atoms with Gasteiger partial charge in [0.05, 0.1) is 9.67 Å². The summed E-state index contributed by atoms with van der Waals surface area (Å²) in [7, 11) is 0. The van der Waals surface area contributed by atoms with Crippen molar-refractivity contribution in [1.29, 1.82) is 0 Å². The van der Waals surface area contributed by atoms with E-state index in [1.807, 2.05) is 22.6 Å². The number of nitrogens with zero attached hydrogens (tertiary/aromatic N) is 4. The Balaban J connectivity index is 2.43. The number of H-pyrrole nitrogens is 1. The SMILES string of the molecule is [N-]=[N+]=N[C@]1(CI)O[C@H](n2cc(I)c(=O)[nH]c2=O)C[C@@H]1O. The van der Waals surface area contributed by atoms with Crippen molar-refractivity contribution in [2.45, 2.75) is 24.5 Å². The summed E-state index contributed by atoms with van der Waals surface area (Å²) in [6.07, 6.45) is -0.400. The molecule has 1 aromatic rings. The smallest absolute Gasteiger partial charge is 0.330 e. The Kier molecular flexibility index (Phi) is 4.73. The first kappa shape index (κ1) is 15.8. The summed E-state index contributed by atoms with van der Waals surface area (Å²) < 4.78 is 7.30. The molecule has 0 spiro atoms. The van der Waals surface area contributed by atoms with Crippen LogP contribution in [-0.2, 0) is 4.74 Å². The van der Waals surface area contributed by atoms with Crippen LogP contribution in [0.3, 0.4) is 0 Å². The number of hydrogen-bond acceptors (Lipinski definition) is 5. The largest absolute Gasteiger partial charge is 0.390 e. The second-order valence-electron chi connectivity index (χ2n) is 4.14. The molecule has 0 radical (unpaired) electrons. The predicted molar refractivity (Wildman–Crippen MR) is 85.5 cm³/mol. The van der Waals surface area contributed by atoms with E-state index in [9.17, 15) is 14.7 Å². The van der Waals surface area contributed by atoms with Gasteiger partial charge in [0, 0.05) is 22.0 Å². The molecule has 0 aromatic carbocycles. The van der Waals surface area contributed by atoms with Crippen molar-refractivity contribution < 1.29 is 9.84 Å². The van der Waals surface area contributed by atoms with Crippen molar-refractivity contribution in [1.82, 2.24) is 9.55 Å². The molecule has 1 aromatic heterocycles. The zero-order valence-electron chi connectivity index (χ0n) is 9.86. The molecular weight excluding hydrogens is 496 g/mol. The maximum absolute atomic E-state index is 11.8. The van der Waals surface area contributed by atoms with Gasteiger partial charge in [0.25, 0.3) is 5.56 Å². The second kappa shape index (κ2) is 6.01. The van der Waals surface area contributed by atoms with Crippen LogP contribution in [0.25, 0.3) is 10.4 Å². The minimum atomic E-state index is -1.40. The molecule has 9 nitrogen and oxygen atoms in total. The van der Waals surface area contributed by atoms with E-state index in [4.69, 9.17) is 10.3 Å². The van der Waals surface area contributed by atoms with Gasteiger partial charge in [-0.3, -0.25) is 14.3 Å². The molecule has 3 atom stereocenters. The number of ether oxygens (including phenoxy) is 1. The first-order chi connectivity index (χ1) is 9.43. The summed E-state index contributed by atoms with van der Waals surface area (Å²) in [5.41, 5.74) is 6.05. The topological polar surface area (TPSA) is 133 Å². The molecule has 11 heteroatoms. The number of aliphatic hydroxyl groups excluding tert-OH is 1. The predicted octanol–water partition coefficient (Wildman–Crippen LogP) is 0.863. The summed E-state index contributed by atoms with van der Waals surface area (Å²) in [4.78, 5) is 27.9. The molecule has 0 aliphatic carbocycles. The van der Waals surface area contributed by atoms with Gasteiger partial charge in [-0.25, -0.2) is 4.79 Å². The molecule has 0 amide bonds. The van der Waals surface area contributed by atoms with Crippen LogP contribution in [-0.4, -0.2) is 30.9 Å². The Morgan fingerprint density at radius 1 is 1.70 bits per heavy atom. The fourth-order valence-electron chi connectivity index (χ4n) is 1.90. The molecule has 1 fully saturated rings. The average Bonchev–Trinajstić information content (AvgIpc) is 2.72. The lowest BCUT2D eigenvalue weighted by molar-refractivity contribution is -0.0820. The zero-order chi connectivity index (χ0) is 14.9. The molecule has 1 aliphatic rings. The van der Waals surface area contributed by atoms with Crippen LogP contribution in [0.15, 0.2) is 20.9 Å². The van der Waals surface area contributed by atoms with Crippen LogP contribution < -0.4 is 11.2 Å². The lowest BCUT2D eigenvalue weighted by Gasteiger charge is -2.24. The van der Waals surface area contributed by atoms with Gasteiger partial charge in [0.1, 0.15) is 6.23 Å². The molecule has 0 saturated carbocycles. The van der Waals surface area contributed by atoms with Crippen molar-refractivity contribution in [2.75, 3.05) is 4.43 Å². The highest BCUT2D eigenvalue weighted by molar-refractivity contribution is 14.1. The Morgan fingerprint density at radius 3 is 3.00 bits per heavy atom. The molecule has 1 saturated heterocycles. The standard InChI is InChI=1S/C9H9I2N5O4/c10-3-9(14-15-12)5(17)1-6(20-9)16-2-4(11)7(18)13-8(16)19/h2,5-6,17H,1,3H2,(H,13,18,19)/t5-,6-,9+/m0/s1. The van der Waals surface area contributed by atoms with E-state index < -0.39 is 29.3 Å². The molecule has 2 N–H and O–H groups in total. The maximum Gasteiger partial charge on any atom is 0.330 e. The van der Waals surface area contributed by atoms with Crippen molar-refractivity contribution in [3.8, 4) is 0 Å². The van der Waals surface area contributed by atoms with Gasteiger partial charge >= 0.3 is 5.69 Å². The van der Waals surface area contributed by atoms with Gasteiger partial charge in [0.15, 0.2) is 5.72 Å². The Labute approximate surface area is 139 Å². The van der Waals surface area contributed by atoms with Gasteiger partial charge in [-0.15, -0.1) is 0 Å². The van der Waals surface area contributed by atoms with Crippen LogP contribution >= 0.6 is 45.2 Å². The van der Waals surface area contributed by atoms with Crippen molar-refractivity contribution >= 4 is 45.2 Å². The minimum Gasteiger partial charge on any atom is -0.390 e. The van der Waals surface area contributed by atoms with Crippen LogP contribution in [0.5, 0.6) is 0 Å². The highest BCUT2D eigenvalue weighted by atomic mass is 127. The zero-order valence-corrected chi connectivity index (χ0v) is 14.2. The highest BCUT2D eigenvalue weighted by Gasteiger charge is 2.48. The average molecular weight is 505 g/mol. The number of aliphatic hydroxyl groups is 1. The lowest BCUT2D eigenvalue weighted by Crippen LogP contribution is -2.39. The number of hydrogen-bond donors (Lipinski definition) is 2. The molecule has 20 heavy (non-hydrogen) atoms. The minimum absolute atomic E-state index is 0.0874. The fraction of sp³-hybridized carbons (Fsp3) is 0.556. The Hall–Kier alpha value is -0.630. The summed E-state index contributed by atoms with van der Waals surface area (Å²) in [6, 6.07) is 0. The van der Waals surface area contributed by atoms with Gasteiger partial charge < -0.3 is 9.84 Å². The lowest BCUT2D eigenvalue weighted by atomic mass is 10.1. The van der Waals surface area contributed by atoms with Gasteiger partial charge in [0.2, 0.25) is 0 Å². The number of halogens is 2. The Bertz CT molecular complexity index is 682. The van der Waals surface area contributed by atoms with Crippen molar-refractivity contribution in [2.24, 2.45) is 5.11 Å². The summed E-state index contributed by atoms with van der Waals surface area (Å²) >= 11 is 3.72. The summed E-state index contributed by atoms with van der Waals surface area (Å²) in [6.45, 7) is 0. The summed E-state index contributed by atoms with van der Waals surface area (Å²) in [5, 5.41) is 13.5. The van der Waals surface area contributed by atoms with Crippen LogP contribution in [0, 0.1) is 3.57 Å². The van der Waals surface area contributed by atoms with E-state index in [0.29, 0.717) is 3.57 Å². The molecule has 2 heterocycles. The first-order valence-corrected chi connectivity index (χ1v) is 8.03. The van der Waals surface area contributed by atoms with Gasteiger partial charge in [-0.2, -0.15) is 0 Å². The molecular formula is C9H9I2N5O4. The van der Waals surface area contributed by atoms with E-state index in [0.717, 1.165) is 0 Å². The normalized spacial score (nSPS) is 29.1. The third-order valence-electron chi connectivity index (χ3n) is 2.93. The van der Waals surface area contributed by atoms with Gasteiger partial charge in [-0.05, 0) is 28.1 Å². The van der Waals surface area contributed by atoms with E-state index in [1.165, 1.54) is 10.8 Å². The number of aromatic amines is 1. The Morgan fingerprint density at radius 2 is 2.40 bits per heavy atom. The summed E-state index contributed by atoms with van der Waals surface area (Å²) in [5.74, 6) is 0. The number of rotatable bonds is 3. The maximum atomic E-state index is 11.8. The van der Waals surface area contributed by atoms with E-state index in [2.05, 4.69) is 15.0 Å². The third-order valence-corrected chi connectivity index (χ3v) is 4.79. The van der Waals surface area contributed by atoms with Crippen LogP contribution in [0.2, 0.25) is 0 Å². The third kappa shape index (κ3) is 2.72. The highest BCUT2D eigenvalue weighted by Crippen LogP contribution is 2.38. The number of alkyl halides is 1. The molecule has 108 valence electrons. The number of nitrogens with one attached hydrogen (secondary N) is 1. The van der Waals surface area contributed by atoms with Crippen LogP contribution in [0.1, 0.15) is 12.6 Å². The number of aromatic nitrogens is 2. The molecule has 2 rings (SSSR count). The fourth-order valence-corrected chi connectivity index (χ4v) is 3.17. The molecule has 0 unspecified atom stereocenters. The van der Waals surface area contributed by atoms with E-state index in [-0.39, 0.29) is 10.8 Å². The van der Waals surface area contributed by atoms with E-state index >= 15 is 0 Å². The quantitative estimate of drug-likeness (QED) is 0.208. The second-order valence-corrected chi connectivity index (χ2v) is 6.06. The van der Waals surface area contributed by atoms with Gasteiger partial charge in [-0.1, -0.05) is 27.7 Å². The van der Waals surface area contributed by atoms with Crippen LogP contribution in [0.4, 0.5) is 0 Å².